The fraction of sp³-hybridized carbons (Fsp3) is 0.647. The van der Waals surface area contributed by atoms with Gasteiger partial charge in [0.05, 0.1) is 11.9 Å². The van der Waals surface area contributed by atoms with E-state index >= 15 is 0 Å². The van der Waals surface area contributed by atoms with E-state index in [4.69, 9.17) is 10.2 Å². The second-order valence-electron chi connectivity index (χ2n) is 6.50. The van der Waals surface area contributed by atoms with Gasteiger partial charge in [0.15, 0.2) is 5.96 Å². The van der Waals surface area contributed by atoms with E-state index in [2.05, 4.69) is 20.5 Å². The molecule has 1 heterocycles. The second-order valence-corrected chi connectivity index (χ2v) is 8.31. The van der Waals surface area contributed by atoms with Gasteiger partial charge in [-0.15, -0.1) is 0 Å². The third-order valence-electron chi connectivity index (χ3n) is 4.24. The molecule has 0 unspecified atom stereocenters. The number of aromatic nitrogens is 1. The normalized spacial score (nSPS) is 15.1. The van der Waals surface area contributed by atoms with Gasteiger partial charge in [-0.05, 0) is 37.8 Å². The number of unbranched alkanes of at least 4 members (excludes halogenated alkanes) is 3. The standard InChI is InChI=1S/C17H29N5O3S/c18-17(21-15-9-12-19-13-10-15)20-11-5-1-2-6-14-26(23,24)22-25-16-7-3-4-8-16/h9-10,12-13,16,22H,1-8,11,14H2,(H3,18,19,20,21). The molecular formula is C17H29N5O3S. The molecule has 8 nitrogen and oxygen atoms in total. The Labute approximate surface area is 155 Å². The van der Waals surface area contributed by atoms with E-state index in [9.17, 15) is 8.42 Å². The van der Waals surface area contributed by atoms with Gasteiger partial charge < -0.3 is 10.6 Å². The number of nitrogens with one attached hydrogen (secondary N) is 4. The number of anilines is 1. The first kappa shape index (κ1) is 20.6. The van der Waals surface area contributed by atoms with Crippen LogP contribution in [0.5, 0.6) is 0 Å². The highest BCUT2D eigenvalue weighted by molar-refractivity contribution is 7.89. The van der Waals surface area contributed by atoms with E-state index in [1.807, 2.05) is 0 Å². The van der Waals surface area contributed by atoms with Crippen LogP contribution >= 0.6 is 0 Å². The zero-order valence-electron chi connectivity index (χ0n) is 15.0. The molecule has 1 aliphatic rings. The van der Waals surface area contributed by atoms with Crippen LogP contribution in [0.4, 0.5) is 5.69 Å². The van der Waals surface area contributed by atoms with Crippen LogP contribution in [-0.2, 0) is 14.9 Å². The highest BCUT2D eigenvalue weighted by Gasteiger charge is 2.18. The van der Waals surface area contributed by atoms with Crippen LogP contribution in [-0.4, -0.2) is 37.8 Å². The lowest BCUT2D eigenvalue weighted by atomic mass is 10.2. The number of rotatable bonds is 11. The molecule has 0 atom stereocenters. The summed E-state index contributed by atoms with van der Waals surface area (Å²) in [5.41, 5.74) is 0.815. The number of sulfonamides is 1. The SMILES string of the molecule is N=C(NCCCCCCS(=O)(=O)NOC1CCCC1)Nc1ccncc1. The summed E-state index contributed by atoms with van der Waals surface area (Å²) in [6, 6.07) is 3.59. The van der Waals surface area contributed by atoms with E-state index in [1.54, 1.807) is 24.5 Å². The summed E-state index contributed by atoms with van der Waals surface area (Å²) in [5.74, 6) is 0.332. The summed E-state index contributed by atoms with van der Waals surface area (Å²) in [7, 11) is -3.35. The zero-order chi connectivity index (χ0) is 18.7. The maximum absolute atomic E-state index is 11.8. The van der Waals surface area contributed by atoms with Crippen molar-refractivity contribution in [2.75, 3.05) is 17.6 Å². The molecule has 0 aromatic carbocycles. The van der Waals surface area contributed by atoms with Crippen LogP contribution in [0.15, 0.2) is 24.5 Å². The van der Waals surface area contributed by atoms with Crippen molar-refractivity contribution in [3.8, 4) is 0 Å². The van der Waals surface area contributed by atoms with Crippen LogP contribution in [0.25, 0.3) is 0 Å². The minimum Gasteiger partial charge on any atom is -0.356 e. The molecule has 146 valence electrons. The van der Waals surface area contributed by atoms with Crippen LogP contribution in [0, 0.1) is 5.41 Å². The van der Waals surface area contributed by atoms with Gasteiger partial charge >= 0.3 is 0 Å². The summed E-state index contributed by atoms with van der Waals surface area (Å²) in [6.45, 7) is 0.673. The van der Waals surface area contributed by atoms with Gasteiger partial charge in [0, 0.05) is 24.6 Å². The predicted octanol–water partition coefficient (Wildman–Crippen LogP) is 2.37. The Morgan fingerprint density at radius 1 is 1.15 bits per heavy atom. The molecule has 1 fully saturated rings. The van der Waals surface area contributed by atoms with Gasteiger partial charge in [0.1, 0.15) is 0 Å². The second kappa shape index (κ2) is 11.1. The van der Waals surface area contributed by atoms with Crippen molar-refractivity contribution in [2.45, 2.75) is 57.5 Å². The van der Waals surface area contributed by atoms with Gasteiger partial charge in [-0.2, -0.15) is 0 Å². The van der Waals surface area contributed by atoms with Gasteiger partial charge in [-0.3, -0.25) is 15.2 Å². The first-order valence-corrected chi connectivity index (χ1v) is 10.8. The van der Waals surface area contributed by atoms with Crippen molar-refractivity contribution >= 4 is 21.7 Å². The summed E-state index contributed by atoms with van der Waals surface area (Å²) in [4.78, 5) is 11.4. The molecule has 1 aliphatic carbocycles. The number of guanidine groups is 1. The number of nitrogens with zero attached hydrogens (tertiary/aromatic N) is 1. The van der Waals surface area contributed by atoms with Gasteiger partial charge in [-0.1, -0.05) is 30.6 Å². The summed E-state index contributed by atoms with van der Waals surface area (Å²) in [5, 5.41) is 13.7. The average molecular weight is 384 g/mol. The highest BCUT2D eigenvalue weighted by atomic mass is 32.2. The minimum absolute atomic E-state index is 0.0342. The lowest BCUT2D eigenvalue weighted by molar-refractivity contribution is 0.0223. The van der Waals surface area contributed by atoms with Crippen LogP contribution in [0.1, 0.15) is 51.4 Å². The van der Waals surface area contributed by atoms with E-state index in [-0.39, 0.29) is 17.8 Å². The fourth-order valence-electron chi connectivity index (χ4n) is 2.80. The van der Waals surface area contributed by atoms with Crippen molar-refractivity contribution in [3.05, 3.63) is 24.5 Å². The topological polar surface area (TPSA) is 116 Å². The summed E-state index contributed by atoms with van der Waals surface area (Å²) in [6.07, 6.45) is 10.7. The Balaban J connectivity index is 1.46. The van der Waals surface area contributed by atoms with Crippen molar-refractivity contribution in [1.29, 1.82) is 5.41 Å². The molecule has 0 aliphatic heterocycles. The molecule has 1 aromatic heterocycles. The third-order valence-corrected chi connectivity index (χ3v) is 5.41. The Hall–Kier alpha value is -1.71. The molecular weight excluding hydrogens is 354 g/mol. The van der Waals surface area contributed by atoms with Gasteiger partial charge in [-0.25, -0.2) is 8.42 Å². The molecule has 26 heavy (non-hydrogen) atoms. The molecule has 0 bridgehead atoms. The number of hydrogen-bond donors (Lipinski definition) is 4. The Kier molecular flexibility index (Phi) is 8.79. The number of pyridine rings is 1. The largest absolute Gasteiger partial charge is 0.356 e. The number of hydrogen-bond acceptors (Lipinski definition) is 5. The maximum atomic E-state index is 11.8. The van der Waals surface area contributed by atoms with E-state index in [0.29, 0.717) is 13.0 Å². The monoisotopic (exact) mass is 383 g/mol. The van der Waals surface area contributed by atoms with Gasteiger partial charge in [0.2, 0.25) is 10.0 Å². The summed E-state index contributed by atoms with van der Waals surface area (Å²) >= 11 is 0. The molecule has 2 rings (SSSR count). The molecule has 0 amide bonds. The predicted molar refractivity (Wildman–Crippen MR) is 102 cm³/mol. The van der Waals surface area contributed by atoms with Gasteiger partial charge in [0.25, 0.3) is 0 Å². The lowest BCUT2D eigenvalue weighted by Gasteiger charge is -2.12. The van der Waals surface area contributed by atoms with E-state index < -0.39 is 10.0 Å². The molecule has 1 aromatic rings. The van der Waals surface area contributed by atoms with E-state index in [1.165, 1.54) is 0 Å². The molecule has 9 heteroatoms. The van der Waals surface area contributed by atoms with Crippen molar-refractivity contribution < 1.29 is 13.3 Å². The molecule has 0 spiro atoms. The molecule has 0 radical (unpaired) electrons. The quantitative estimate of drug-likeness (QED) is 0.202. The van der Waals surface area contributed by atoms with Crippen molar-refractivity contribution in [1.82, 2.24) is 15.2 Å². The Bertz CT molecular complexity index is 633. The third kappa shape index (κ3) is 8.59. The van der Waals surface area contributed by atoms with E-state index in [0.717, 1.165) is 50.6 Å². The van der Waals surface area contributed by atoms with Crippen molar-refractivity contribution in [3.63, 3.8) is 0 Å². The minimum atomic E-state index is -3.35. The van der Waals surface area contributed by atoms with Crippen molar-refractivity contribution in [2.24, 2.45) is 0 Å². The van der Waals surface area contributed by atoms with Crippen LogP contribution in [0.2, 0.25) is 0 Å². The Morgan fingerprint density at radius 2 is 1.85 bits per heavy atom. The highest BCUT2D eigenvalue weighted by Crippen LogP contribution is 2.20. The lowest BCUT2D eigenvalue weighted by Crippen LogP contribution is -2.30. The zero-order valence-corrected chi connectivity index (χ0v) is 15.9. The molecule has 1 saturated carbocycles. The average Bonchev–Trinajstić information content (AvgIpc) is 3.14. The molecule has 4 N–H and O–H groups in total. The fourth-order valence-corrected chi connectivity index (χ4v) is 3.75. The summed E-state index contributed by atoms with van der Waals surface area (Å²) < 4.78 is 23.7. The molecule has 0 saturated heterocycles. The smallest absolute Gasteiger partial charge is 0.233 e. The van der Waals surface area contributed by atoms with Crippen LogP contribution < -0.4 is 15.5 Å². The Morgan fingerprint density at radius 3 is 2.58 bits per heavy atom. The maximum Gasteiger partial charge on any atom is 0.233 e. The first-order valence-electron chi connectivity index (χ1n) is 9.20. The first-order chi connectivity index (χ1) is 12.6. The van der Waals surface area contributed by atoms with Crippen LogP contribution in [0.3, 0.4) is 0 Å².